The third-order valence-electron chi connectivity index (χ3n) is 4.81. The molecule has 1 unspecified atom stereocenters. The minimum absolute atomic E-state index is 0.282. The summed E-state index contributed by atoms with van der Waals surface area (Å²) in [4.78, 5) is 41.3. The number of carbonyl (C=O) groups excluding carboxylic acids is 1. The molecule has 2 N–H and O–H groups in total. The summed E-state index contributed by atoms with van der Waals surface area (Å²) in [5.74, 6) is -1.13. The Morgan fingerprint density at radius 1 is 1.30 bits per heavy atom. The predicted octanol–water partition coefficient (Wildman–Crippen LogP) is 1.81. The zero-order valence-corrected chi connectivity index (χ0v) is 16.5. The molecule has 144 valence electrons. The molecule has 1 fully saturated rings. The SMILES string of the molecule is Cc1nc(-c2c(C)c(C)nn(C)c2=O)sc1C(=O)NC(CC1CC1)C(=O)O. The number of carbonyl (C=O) groups is 2. The quantitative estimate of drug-likeness (QED) is 0.777. The molecule has 0 saturated heterocycles. The summed E-state index contributed by atoms with van der Waals surface area (Å²) in [6.07, 6.45) is 2.45. The molecule has 0 aliphatic heterocycles. The highest BCUT2D eigenvalue weighted by molar-refractivity contribution is 7.17. The summed E-state index contributed by atoms with van der Waals surface area (Å²) < 4.78 is 1.25. The van der Waals surface area contributed by atoms with Crippen molar-refractivity contribution in [1.82, 2.24) is 20.1 Å². The van der Waals surface area contributed by atoms with Gasteiger partial charge in [-0.25, -0.2) is 14.5 Å². The summed E-state index contributed by atoms with van der Waals surface area (Å²) in [6, 6.07) is -0.910. The van der Waals surface area contributed by atoms with Crippen LogP contribution in [0.15, 0.2) is 4.79 Å². The fourth-order valence-electron chi connectivity index (χ4n) is 2.95. The lowest BCUT2D eigenvalue weighted by atomic mass is 10.1. The van der Waals surface area contributed by atoms with E-state index in [9.17, 15) is 19.5 Å². The molecule has 9 heteroatoms. The van der Waals surface area contributed by atoms with Gasteiger partial charge in [0.05, 0.1) is 17.0 Å². The Morgan fingerprint density at radius 3 is 2.56 bits per heavy atom. The Morgan fingerprint density at radius 2 is 1.96 bits per heavy atom. The highest BCUT2D eigenvalue weighted by Crippen LogP contribution is 2.34. The van der Waals surface area contributed by atoms with Crippen LogP contribution in [0.4, 0.5) is 0 Å². The number of thiazole rings is 1. The molecule has 2 aromatic heterocycles. The number of rotatable bonds is 6. The number of carboxylic acid groups (broad SMARTS) is 1. The van der Waals surface area contributed by atoms with Crippen LogP contribution in [0.25, 0.3) is 10.6 Å². The lowest BCUT2D eigenvalue weighted by Gasteiger charge is -2.13. The summed E-state index contributed by atoms with van der Waals surface area (Å²) in [7, 11) is 1.57. The van der Waals surface area contributed by atoms with Gasteiger partial charge in [-0.2, -0.15) is 5.10 Å². The van der Waals surface area contributed by atoms with Crippen LogP contribution in [0.3, 0.4) is 0 Å². The lowest BCUT2D eigenvalue weighted by molar-refractivity contribution is -0.139. The van der Waals surface area contributed by atoms with Crippen LogP contribution in [-0.2, 0) is 11.8 Å². The lowest BCUT2D eigenvalue weighted by Crippen LogP contribution is -2.41. The van der Waals surface area contributed by atoms with Crippen molar-refractivity contribution in [3.05, 3.63) is 32.2 Å². The van der Waals surface area contributed by atoms with Crippen LogP contribution in [0.2, 0.25) is 0 Å². The monoisotopic (exact) mass is 390 g/mol. The van der Waals surface area contributed by atoms with Crippen molar-refractivity contribution in [2.24, 2.45) is 13.0 Å². The topological polar surface area (TPSA) is 114 Å². The molecule has 1 saturated carbocycles. The van der Waals surface area contributed by atoms with Gasteiger partial charge in [0.1, 0.15) is 15.9 Å². The molecule has 1 amide bonds. The third-order valence-corrected chi connectivity index (χ3v) is 5.99. The predicted molar refractivity (Wildman–Crippen MR) is 101 cm³/mol. The van der Waals surface area contributed by atoms with Crippen molar-refractivity contribution < 1.29 is 14.7 Å². The molecule has 0 bridgehead atoms. The van der Waals surface area contributed by atoms with Gasteiger partial charge in [-0.1, -0.05) is 12.8 Å². The van der Waals surface area contributed by atoms with Gasteiger partial charge < -0.3 is 10.4 Å². The molecular weight excluding hydrogens is 368 g/mol. The van der Waals surface area contributed by atoms with E-state index in [0.717, 1.165) is 29.7 Å². The van der Waals surface area contributed by atoms with Gasteiger partial charge in [0, 0.05) is 7.05 Å². The van der Waals surface area contributed by atoms with E-state index in [0.29, 0.717) is 39.2 Å². The largest absolute Gasteiger partial charge is 0.480 e. The first-order valence-electron chi connectivity index (χ1n) is 8.75. The number of nitrogens with zero attached hydrogens (tertiary/aromatic N) is 3. The Bertz CT molecular complexity index is 974. The van der Waals surface area contributed by atoms with E-state index in [1.165, 1.54) is 4.68 Å². The zero-order valence-electron chi connectivity index (χ0n) is 15.7. The van der Waals surface area contributed by atoms with Crippen molar-refractivity contribution in [3.63, 3.8) is 0 Å². The van der Waals surface area contributed by atoms with Crippen LogP contribution in [0.1, 0.15) is 45.9 Å². The first kappa shape index (κ1) is 19.2. The summed E-state index contributed by atoms with van der Waals surface area (Å²) in [6.45, 7) is 5.28. The number of carboxylic acids is 1. The van der Waals surface area contributed by atoms with E-state index >= 15 is 0 Å². The van der Waals surface area contributed by atoms with Crippen LogP contribution >= 0.6 is 11.3 Å². The Labute approximate surface area is 160 Å². The minimum atomic E-state index is -1.04. The summed E-state index contributed by atoms with van der Waals surface area (Å²) in [5.41, 5.74) is 2.04. The zero-order chi connectivity index (χ0) is 19.9. The van der Waals surface area contributed by atoms with E-state index < -0.39 is 17.9 Å². The van der Waals surface area contributed by atoms with E-state index in [4.69, 9.17) is 0 Å². The van der Waals surface area contributed by atoms with Gasteiger partial charge in [0.15, 0.2) is 0 Å². The number of aryl methyl sites for hydroxylation is 3. The highest BCUT2D eigenvalue weighted by Gasteiger charge is 2.31. The van der Waals surface area contributed by atoms with Crippen molar-refractivity contribution in [2.75, 3.05) is 0 Å². The maximum Gasteiger partial charge on any atom is 0.326 e. The molecule has 2 aromatic rings. The molecule has 0 radical (unpaired) electrons. The second-order valence-corrected chi connectivity index (χ2v) is 7.99. The van der Waals surface area contributed by atoms with Crippen LogP contribution in [0.5, 0.6) is 0 Å². The molecule has 0 spiro atoms. The molecular formula is C18H22N4O4S. The highest BCUT2D eigenvalue weighted by atomic mass is 32.1. The van der Waals surface area contributed by atoms with Crippen molar-refractivity contribution in [1.29, 1.82) is 0 Å². The number of hydrogen-bond donors (Lipinski definition) is 2. The first-order valence-corrected chi connectivity index (χ1v) is 9.56. The van der Waals surface area contributed by atoms with Gasteiger partial charge in [-0.3, -0.25) is 9.59 Å². The molecule has 0 aromatic carbocycles. The molecule has 27 heavy (non-hydrogen) atoms. The maximum absolute atomic E-state index is 12.6. The fourth-order valence-corrected chi connectivity index (χ4v) is 4.01. The fraction of sp³-hybridized carbons (Fsp3) is 0.500. The van der Waals surface area contributed by atoms with E-state index in [1.54, 1.807) is 20.9 Å². The van der Waals surface area contributed by atoms with Crippen LogP contribution in [-0.4, -0.2) is 37.8 Å². The smallest absolute Gasteiger partial charge is 0.326 e. The van der Waals surface area contributed by atoms with Gasteiger partial charge in [0.25, 0.3) is 11.5 Å². The van der Waals surface area contributed by atoms with E-state index in [2.05, 4.69) is 15.4 Å². The van der Waals surface area contributed by atoms with E-state index in [1.807, 2.05) is 6.92 Å². The third kappa shape index (κ3) is 3.92. The number of amides is 1. The van der Waals surface area contributed by atoms with Gasteiger partial charge >= 0.3 is 5.97 Å². The number of aromatic nitrogens is 3. The van der Waals surface area contributed by atoms with Gasteiger partial charge in [-0.15, -0.1) is 11.3 Å². The molecule has 8 nitrogen and oxygen atoms in total. The average molecular weight is 390 g/mol. The number of aliphatic carboxylic acids is 1. The maximum atomic E-state index is 12.6. The van der Waals surface area contributed by atoms with Gasteiger partial charge in [0.2, 0.25) is 0 Å². The van der Waals surface area contributed by atoms with E-state index in [-0.39, 0.29) is 5.56 Å². The Balaban J connectivity index is 1.92. The Hall–Kier alpha value is -2.55. The Kier molecular flexibility index (Phi) is 5.14. The van der Waals surface area contributed by atoms with Crippen molar-refractivity contribution >= 4 is 23.2 Å². The molecule has 3 rings (SSSR count). The van der Waals surface area contributed by atoms with Crippen molar-refractivity contribution in [2.45, 2.75) is 46.1 Å². The summed E-state index contributed by atoms with van der Waals surface area (Å²) in [5, 5.41) is 16.5. The van der Waals surface area contributed by atoms with Crippen molar-refractivity contribution in [3.8, 4) is 10.6 Å². The normalized spacial score (nSPS) is 14.8. The standard InChI is InChI=1S/C18H22N4O4S/c1-8-9(2)21-22(4)17(24)13(8)16-19-10(3)14(27-16)15(23)20-12(18(25)26)7-11-5-6-11/h11-12H,5-7H2,1-4H3,(H,20,23)(H,25,26). The average Bonchev–Trinajstić information content (AvgIpc) is 3.33. The molecule has 2 heterocycles. The number of nitrogens with one attached hydrogen (secondary N) is 1. The number of hydrogen-bond acceptors (Lipinski definition) is 6. The molecule has 1 aliphatic rings. The second-order valence-electron chi connectivity index (χ2n) is 6.99. The van der Waals surface area contributed by atoms with Crippen LogP contribution in [0, 0.1) is 26.7 Å². The van der Waals surface area contributed by atoms with Gasteiger partial charge in [-0.05, 0) is 38.7 Å². The molecule has 1 atom stereocenters. The summed E-state index contributed by atoms with van der Waals surface area (Å²) >= 11 is 1.10. The second kappa shape index (κ2) is 7.22. The first-order chi connectivity index (χ1) is 12.7. The van der Waals surface area contributed by atoms with Crippen LogP contribution < -0.4 is 10.9 Å². The molecule has 1 aliphatic carbocycles. The minimum Gasteiger partial charge on any atom is -0.480 e.